The Morgan fingerprint density at radius 3 is 2.69 bits per heavy atom. The summed E-state index contributed by atoms with van der Waals surface area (Å²) in [5.41, 5.74) is 5.93. The quantitative estimate of drug-likeness (QED) is 0.204. The van der Waals surface area contributed by atoms with E-state index in [0.717, 1.165) is 0 Å². The third-order valence-electron chi connectivity index (χ3n) is 5.33. The topological polar surface area (TPSA) is 198 Å². The molecule has 3 aromatic rings. The van der Waals surface area contributed by atoms with Crippen molar-refractivity contribution in [2.24, 2.45) is 0 Å². The molecule has 14 nitrogen and oxygen atoms in total. The minimum absolute atomic E-state index is 0.113. The summed E-state index contributed by atoms with van der Waals surface area (Å²) in [6.07, 6.45) is -2.94. The standard InChI is InChI=1S/C19H23ClN5O9P/c1-31-15-14(26)12(8-33-35(28,29)30)34-18(15)25-9-24(13-16(25)22-19(21)23-17(13)27)6-7-32-11-4-2-10(20)3-5-11/h2-5,9,12,14-15,18,26H,6-8H2,1H3,(H4-,21,22,23,27,28,29,30)/t12-,14-,15-,18-/m0/s1. The number of nitrogens with two attached hydrogens (primary N) is 1. The molecule has 0 radical (unpaired) electrons. The lowest BCUT2D eigenvalue weighted by Gasteiger charge is -2.17. The number of benzene rings is 1. The third kappa shape index (κ3) is 5.66. The Morgan fingerprint density at radius 1 is 1.31 bits per heavy atom. The number of aliphatic hydroxyl groups is 1. The molecule has 16 heteroatoms. The molecule has 1 aliphatic rings. The minimum Gasteiger partial charge on any atom is -0.856 e. The van der Waals surface area contributed by atoms with Crippen molar-refractivity contribution in [3.05, 3.63) is 35.6 Å². The van der Waals surface area contributed by atoms with Crippen LogP contribution in [-0.4, -0.2) is 68.1 Å². The summed E-state index contributed by atoms with van der Waals surface area (Å²) in [6.45, 7) is -0.206. The van der Waals surface area contributed by atoms with Gasteiger partial charge in [-0.2, -0.15) is 0 Å². The van der Waals surface area contributed by atoms with E-state index < -0.39 is 44.8 Å². The smallest absolute Gasteiger partial charge is 0.469 e. The predicted molar refractivity (Wildman–Crippen MR) is 117 cm³/mol. The number of rotatable bonds is 9. The van der Waals surface area contributed by atoms with E-state index in [1.165, 1.54) is 18.0 Å². The van der Waals surface area contributed by atoms with Gasteiger partial charge in [0, 0.05) is 18.0 Å². The van der Waals surface area contributed by atoms with Crippen molar-refractivity contribution in [2.45, 2.75) is 31.1 Å². The number of nitrogen functional groups attached to an aromatic ring is 1. The fraction of sp³-hybridized carbons (Fsp3) is 0.421. The van der Waals surface area contributed by atoms with Crippen LogP contribution in [0.1, 0.15) is 6.23 Å². The summed E-state index contributed by atoms with van der Waals surface area (Å²) in [7, 11) is -3.46. The van der Waals surface area contributed by atoms with Gasteiger partial charge >= 0.3 is 13.5 Å². The number of phosphoric ester groups is 1. The second-order valence-electron chi connectivity index (χ2n) is 7.62. The van der Waals surface area contributed by atoms with Crippen LogP contribution in [0.25, 0.3) is 11.2 Å². The van der Waals surface area contributed by atoms with Gasteiger partial charge in [0.15, 0.2) is 11.8 Å². The molecule has 1 aliphatic heterocycles. The highest BCUT2D eigenvalue weighted by atomic mass is 35.5. The fourth-order valence-electron chi connectivity index (χ4n) is 3.79. The zero-order valence-electron chi connectivity index (χ0n) is 18.3. The van der Waals surface area contributed by atoms with Gasteiger partial charge in [0.25, 0.3) is 5.95 Å². The van der Waals surface area contributed by atoms with E-state index in [2.05, 4.69) is 14.5 Å². The van der Waals surface area contributed by atoms with Crippen LogP contribution < -0.4 is 20.1 Å². The molecule has 0 saturated carbocycles. The number of fused-ring (bicyclic) bond motifs is 1. The van der Waals surface area contributed by atoms with Crippen molar-refractivity contribution in [1.29, 1.82) is 0 Å². The van der Waals surface area contributed by atoms with Gasteiger partial charge in [0.05, 0.1) is 6.61 Å². The lowest BCUT2D eigenvalue weighted by Crippen LogP contribution is -2.46. The highest BCUT2D eigenvalue weighted by molar-refractivity contribution is 7.46. The molecule has 0 spiro atoms. The molecule has 2 aromatic heterocycles. The lowest BCUT2D eigenvalue weighted by molar-refractivity contribution is -0.746. The number of hydrogen-bond donors (Lipinski definition) is 4. The molecule has 1 aromatic carbocycles. The summed E-state index contributed by atoms with van der Waals surface area (Å²) < 4.78 is 35.4. The van der Waals surface area contributed by atoms with Gasteiger partial charge in [0.1, 0.15) is 37.2 Å². The number of anilines is 1. The molecule has 0 unspecified atom stereocenters. The number of aromatic nitrogens is 4. The summed E-state index contributed by atoms with van der Waals surface area (Å²) in [4.78, 5) is 25.8. The summed E-state index contributed by atoms with van der Waals surface area (Å²) in [6, 6.07) is 6.77. The van der Waals surface area contributed by atoms with E-state index >= 15 is 0 Å². The number of nitrogens with zero attached hydrogens (tertiary/aromatic N) is 4. The Kier molecular flexibility index (Phi) is 7.45. The minimum atomic E-state index is -4.80. The normalized spacial score (nSPS) is 22.7. The average Bonchev–Trinajstić information content (AvgIpc) is 3.30. The number of halogens is 1. The third-order valence-corrected chi connectivity index (χ3v) is 6.06. The molecule has 1 saturated heterocycles. The Labute approximate surface area is 203 Å². The fourth-order valence-corrected chi connectivity index (χ4v) is 4.25. The van der Waals surface area contributed by atoms with Gasteiger partial charge in [-0.3, -0.25) is 9.09 Å². The van der Waals surface area contributed by atoms with Crippen LogP contribution in [0, 0.1) is 0 Å². The summed E-state index contributed by atoms with van der Waals surface area (Å²) >= 11 is 5.88. The second kappa shape index (κ2) is 10.2. The Balaban J connectivity index is 1.62. The molecule has 4 rings (SSSR count). The molecule has 35 heavy (non-hydrogen) atoms. The maximum atomic E-state index is 12.7. The van der Waals surface area contributed by atoms with Crippen molar-refractivity contribution in [3.63, 3.8) is 0 Å². The van der Waals surface area contributed by atoms with E-state index in [4.69, 9.17) is 41.3 Å². The van der Waals surface area contributed by atoms with E-state index in [-0.39, 0.29) is 30.3 Å². The van der Waals surface area contributed by atoms with Crippen LogP contribution in [0.3, 0.4) is 0 Å². The molecular weight excluding hydrogens is 509 g/mol. The molecule has 0 bridgehead atoms. The van der Waals surface area contributed by atoms with Gasteiger partial charge in [-0.15, -0.1) is 0 Å². The Morgan fingerprint density at radius 2 is 2.03 bits per heavy atom. The second-order valence-corrected chi connectivity index (χ2v) is 9.30. The molecule has 1 fully saturated rings. The maximum absolute atomic E-state index is 12.7. The van der Waals surface area contributed by atoms with E-state index in [0.29, 0.717) is 10.8 Å². The van der Waals surface area contributed by atoms with Crippen LogP contribution in [0.5, 0.6) is 11.6 Å². The molecular formula is C19H23ClN5O9P. The van der Waals surface area contributed by atoms with Crippen molar-refractivity contribution in [1.82, 2.24) is 14.5 Å². The van der Waals surface area contributed by atoms with Crippen LogP contribution in [-0.2, 0) is 25.1 Å². The van der Waals surface area contributed by atoms with Crippen LogP contribution in [0.15, 0.2) is 30.6 Å². The first-order valence-electron chi connectivity index (χ1n) is 10.3. The van der Waals surface area contributed by atoms with Gasteiger partial charge < -0.3 is 39.9 Å². The first-order chi connectivity index (χ1) is 16.6. The lowest BCUT2D eigenvalue weighted by atomic mass is 10.1. The zero-order valence-corrected chi connectivity index (χ0v) is 20.0. The number of hydrogen-bond acceptors (Lipinski definition) is 10. The van der Waals surface area contributed by atoms with Gasteiger partial charge in [-0.25, -0.2) is 14.1 Å². The predicted octanol–water partition coefficient (Wildman–Crippen LogP) is -0.510. The first-order valence-corrected chi connectivity index (χ1v) is 12.2. The molecule has 0 amide bonds. The number of methoxy groups -OCH3 is 1. The van der Waals surface area contributed by atoms with Gasteiger partial charge in [-0.1, -0.05) is 16.6 Å². The number of phosphoric acid groups is 1. The largest absolute Gasteiger partial charge is 0.856 e. The van der Waals surface area contributed by atoms with Crippen LogP contribution in [0.4, 0.5) is 5.95 Å². The SMILES string of the molecule is CO[C@H]1[C@@H](O)[C@H](COP(=O)(O)O)O[C@@H]1[n+]1cn(CCOc2ccc(Cl)cc2)c2c([O-])nc(N)nc21. The van der Waals surface area contributed by atoms with Crippen LogP contribution in [0.2, 0.25) is 5.02 Å². The highest BCUT2D eigenvalue weighted by Gasteiger charge is 2.48. The van der Waals surface area contributed by atoms with Crippen molar-refractivity contribution in [3.8, 4) is 11.6 Å². The number of imidazole rings is 1. The summed E-state index contributed by atoms with van der Waals surface area (Å²) in [5.74, 6) is -0.317. The molecule has 3 heterocycles. The molecule has 0 aliphatic carbocycles. The monoisotopic (exact) mass is 531 g/mol. The highest BCUT2D eigenvalue weighted by Crippen LogP contribution is 2.38. The zero-order chi connectivity index (χ0) is 25.3. The summed E-state index contributed by atoms with van der Waals surface area (Å²) in [5, 5.41) is 23.8. The van der Waals surface area contributed by atoms with Crippen molar-refractivity contribution >= 4 is 36.5 Å². The van der Waals surface area contributed by atoms with Gasteiger partial charge in [-0.05, 0) is 24.3 Å². The number of aliphatic hydroxyl groups excluding tert-OH is 1. The maximum Gasteiger partial charge on any atom is 0.469 e. The molecule has 190 valence electrons. The van der Waals surface area contributed by atoms with E-state index in [9.17, 15) is 14.8 Å². The molecule has 5 N–H and O–H groups in total. The van der Waals surface area contributed by atoms with Crippen LogP contribution >= 0.6 is 19.4 Å². The number of ether oxygens (including phenoxy) is 3. The van der Waals surface area contributed by atoms with Gasteiger partial charge in [0.2, 0.25) is 6.23 Å². The average molecular weight is 532 g/mol. The van der Waals surface area contributed by atoms with Crippen molar-refractivity contribution in [2.75, 3.05) is 26.1 Å². The first kappa shape index (κ1) is 25.5. The van der Waals surface area contributed by atoms with E-state index in [1.54, 1.807) is 28.8 Å². The van der Waals surface area contributed by atoms with E-state index in [1.807, 2.05) is 0 Å². The Hall–Kier alpha value is -2.55. The van der Waals surface area contributed by atoms with Crippen molar-refractivity contribution < 1.29 is 47.9 Å². The Bertz CT molecular complexity index is 1240. The molecule has 4 atom stereocenters.